The van der Waals surface area contributed by atoms with Gasteiger partial charge in [0, 0.05) is 20.2 Å². The van der Waals surface area contributed by atoms with Crippen LogP contribution in [0.25, 0.3) is 0 Å². The van der Waals surface area contributed by atoms with E-state index in [4.69, 9.17) is 4.74 Å². The number of aliphatic carboxylic acids is 1. The van der Waals surface area contributed by atoms with Crippen LogP contribution in [-0.2, 0) is 14.3 Å². The number of carbonyl (C=O) groups is 2. The van der Waals surface area contributed by atoms with Gasteiger partial charge in [0.2, 0.25) is 5.91 Å². The predicted molar refractivity (Wildman–Crippen MR) is 66.3 cm³/mol. The third-order valence-corrected chi connectivity index (χ3v) is 3.61. The van der Waals surface area contributed by atoms with Gasteiger partial charge in [-0.3, -0.25) is 14.5 Å². The fourth-order valence-electron chi connectivity index (χ4n) is 2.40. The highest BCUT2D eigenvalue weighted by Gasteiger charge is 2.46. The molecule has 0 radical (unpaired) electrons. The smallest absolute Gasteiger partial charge is 0.323 e. The number of nitrogens with zero attached hydrogens (tertiary/aromatic N) is 1. The Bertz CT molecular complexity index is 321. The van der Waals surface area contributed by atoms with E-state index in [1.54, 1.807) is 25.9 Å². The van der Waals surface area contributed by atoms with Crippen LogP contribution in [0.2, 0.25) is 0 Å². The van der Waals surface area contributed by atoms with Crippen LogP contribution in [0, 0.1) is 0 Å². The molecule has 0 aromatic carbocycles. The summed E-state index contributed by atoms with van der Waals surface area (Å²) in [7, 11) is 1.57. The van der Waals surface area contributed by atoms with Gasteiger partial charge in [-0.15, -0.1) is 0 Å². The van der Waals surface area contributed by atoms with Crippen molar-refractivity contribution in [2.24, 2.45) is 0 Å². The molecule has 2 N–H and O–H groups in total. The molecule has 104 valence electrons. The van der Waals surface area contributed by atoms with E-state index in [0.29, 0.717) is 26.1 Å². The van der Waals surface area contributed by atoms with E-state index in [0.717, 1.165) is 6.42 Å². The maximum atomic E-state index is 11.9. The van der Waals surface area contributed by atoms with Gasteiger partial charge < -0.3 is 15.2 Å². The standard InChI is InChI=1S/C12H22N2O4/c1-9(10(15)13-6-8-18-3)14-7-4-5-12(14,2)11(16)17/h9H,4-8H2,1-3H3,(H,13,15)(H,16,17). The van der Waals surface area contributed by atoms with Crippen LogP contribution >= 0.6 is 0 Å². The first-order chi connectivity index (χ1) is 8.43. The summed E-state index contributed by atoms with van der Waals surface area (Å²) < 4.78 is 4.85. The minimum absolute atomic E-state index is 0.151. The molecule has 1 rings (SSSR count). The van der Waals surface area contributed by atoms with E-state index < -0.39 is 17.6 Å². The quantitative estimate of drug-likeness (QED) is 0.659. The molecule has 0 aliphatic carbocycles. The van der Waals surface area contributed by atoms with Crippen molar-refractivity contribution in [3.05, 3.63) is 0 Å². The van der Waals surface area contributed by atoms with E-state index in [9.17, 15) is 14.7 Å². The predicted octanol–water partition coefficient (Wildman–Crippen LogP) is 0.0766. The monoisotopic (exact) mass is 258 g/mol. The van der Waals surface area contributed by atoms with Crippen molar-refractivity contribution in [2.45, 2.75) is 38.3 Å². The normalized spacial score (nSPS) is 25.9. The highest BCUT2D eigenvalue weighted by atomic mass is 16.5. The van der Waals surface area contributed by atoms with Crippen LogP contribution in [0.1, 0.15) is 26.7 Å². The number of carboxylic acids is 1. The average Bonchev–Trinajstić information content (AvgIpc) is 2.72. The second kappa shape index (κ2) is 6.15. The molecule has 0 aromatic rings. The Morgan fingerprint density at radius 2 is 2.22 bits per heavy atom. The lowest BCUT2D eigenvalue weighted by Gasteiger charge is -2.35. The number of methoxy groups -OCH3 is 1. The first kappa shape index (κ1) is 14.9. The van der Waals surface area contributed by atoms with E-state index >= 15 is 0 Å². The summed E-state index contributed by atoms with van der Waals surface area (Å²) in [5, 5.41) is 12.0. The second-order valence-electron chi connectivity index (χ2n) is 4.84. The number of hydrogen-bond acceptors (Lipinski definition) is 4. The molecule has 18 heavy (non-hydrogen) atoms. The van der Waals surface area contributed by atoms with Crippen molar-refractivity contribution in [2.75, 3.05) is 26.8 Å². The average molecular weight is 258 g/mol. The molecule has 6 heteroatoms. The minimum atomic E-state index is -0.933. The van der Waals surface area contributed by atoms with E-state index in [2.05, 4.69) is 5.32 Å². The molecule has 1 aliphatic rings. The molecule has 1 aliphatic heterocycles. The summed E-state index contributed by atoms with van der Waals surface area (Å²) in [5.74, 6) is -1.02. The van der Waals surface area contributed by atoms with Crippen LogP contribution in [0.3, 0.4) is 0 Å². The number of amides is 1. The second-order valence-corrected chi connectivity index (χ2v) is 4.84. The number of rotatable bonds is 6. The summed E-state index contributed by atoms with van der Waals surface area (Å²) in [6, 6.07) is -0.439. The topological polar surface area (TPSA) is 78.9 Å². The largest absolute Gasteiger partial charge is 0.480 e. The lowest BCUT2D eigenvalue weighted by Crippen LogP contribution is -2.56. The van der Waals surface area contributed by atoms with Crippen molar-refractivity contribution >= 4 is 11.9 Å². The molecule has 1 amide bonds. The number of likely N-dealkylation sites (tertiary alicyclic amines) is 1. The van der Waals surface area contributed by atoms with E-state index in [1.165, 1.54) is 0 Å². The number of carbonyl (C=O) groups excluding carboxylic acids is 1. The van der Waals surface area contributed by atoms with Crippen molar-refractivity contribution in [1.82, 2.24) is 10.2 Å². The molecule has 1 heterocycles. The Labute approximate surface area is 107 Å². The third kappa shape index (κ3) is 3.00. The Hall–Kier alpha value is -1.14. The fraction of sp³-hybridized carbons (Fsp3) is 0.833. The molecule has 2 atom stereocenters. The first-order valence-electron chi connectivity index (χ1n) is 6.20. The lowest BCUT2D eigenvalue weighted by molar-refractivity contribution is -0.151. The Morgan fingerprint density at radius 3 is 2.78 bits per heavy atom. The zero-order valence-electron chi connectivity index (χ0n) is 11.2. The lowest BCUT2D eigenvalue weighted by atomic mass is 9.98. The zero-order chi connectivity index (χ0) is 13.8. The first-order valence-corrected chi connectivity index (χ1v) is 6.20. The molecule has 2 unspecified atom stereocenters. The van der Waals surface area contributed by atoms with E-state index in [-0.39, 0.29) is 5.91 Å². The zero-order valence-corrected chi connectivity index (χ0v) is 11.2. The molecule has 6 nitrogen and oxygen atoms in total. The van der Waals surface area contributed by atoms with Crippen molar-refractivity contribution in [1.29, 1.82) is 0 Å². The summed E-state index contributed by atoms with van der Waals surface area (Å²) in [6.45, 7) is 4.96. The highest BCUT2D eigenvalue weighted by molar-refractivity contribution is 5.84. The maximum Gasteiger partial charge on any atom is 0.323 e. The van der Waals surface area contributed by atoms with E-state index in [1.807, 2.05) is 0 Å². The molecule has 1 fully saturated rings. The van der Waals surface area contributed by atoms with Gasteiger partial charge in [-0.25, -0.2) is 0 Å². The number of nitrogens with one attached hydrogen (secondary N) is 1. The summed E-state index contributed by atoms with van der Waals surface area (Å²) in [5.41, 5.74) is -0.933. The number of carboxylic acid groups (broad SMARTS) is 1. The van der Waals surface area contributed by atoms with Crippen LogP contribution in [-0.4, -0.2) is 60.3 Å². The minimum Gasteiger partial charge on any atom is -0.480 e. The van der Waals surface area contributed by atoms with Crippen LogP contribution in [0.4, 0.5) is 0 Å². The van der Waals surface area contributed by atoms with Crippen LogP contribution < -0.4 is 5.32 Å². The van der Waals surface area contributed by atoms with Crippen molar-refractivity contribution < 1.29 is 19.4 Å². The van der Waals surface area contributed by atoms with Gasteiger partial charge in [-0.1, -0.05) is 0 Å². The van der Waals surface area contributed by atoms with Gasteiger partial charge >= 0.3 is 5.97 Å². The Kier molecular flexibility index (Phi) is 5.10. The molecule has 1 saturated heterocycles. The summed E-state index contributed by atoms with van der Waals surface area (Å²) >= 11 is 0. The van der Waals surface area contributed by atoms with Crippen molar-refractivity contribution in [3.63, 3.8) is 0 Å². The molecule has 0 aromatic heterocycles. The SMILES string of the molecule is COCCNC(=O)C(C)N1CCCC1(C)C(=O)O. The van der Waals surface area contributed by atoms with Crippen LogP contribution in [0.5, 0.6) is 0 Å². The fourth-order valence-corrected chi connectivity index (χ4v) is 2.40. The third-order valence-electron chi connectivity index (χ3n) is 3.61. The molecular weight excluding hydrogens is 236 g/mol. The summed E-state index contributed by atoms with van der Waals surface area (Å²) in [6.07, 6.45) is 1.39. The summed E-state index contributed by atoms with van der Waals surface area (Å²) in [4.78, 5) is 25.0. The molecule has 0 saturated carbocycles. The Balaban J connectivity index is 2.62. The van der Waals surface area contributed by atoms with Gasteiger partial charge in [0.15, 0.2) is 0 Å². The Morgan fingerprint density at radius 1 is 1.56 bits per heavy atom. The van der Waals surface area contributed by atoms with Gasteiger partial charge in [0.05, 0.1) is 12.6 Å². The number of ether oxygens (including phenoxy) is 1. The molecular formula is C12H22N2O4. The van der Waals surface area contributed by atoms with Gasteiger partial charge in [0.1, 0.15) is 5.54 Å². The number of hydrogen-bond donors (Lipinski definition) is 2. The molecule has 0 bridgehead atoms. The van der Waals surface area contributed by atoms with Crippen LogP contribution in [0.15, 0.2) is 0 Å². The van der Waals surface area contributed by atoms with Crippen molar-refractivity contribution in [3.8, 4) is 0 Å². The van der Waals surface area contributed by atoms with Gasteiger partial charge in [0.25, 0.3) is 0 Å². The highest BCUT2D eigenvalue weighted by Crippen LogP contribution is 2.31. The van der Waals surface area contributed by atoms with Gasteiger partial charge in [-0.2, -0.15) is 0 Å². The van der Waals surface area contributed by atoms with Gasteiger partial charge in [-0.05, 0) is 26.7 Å². The maximum absolute atomic E-state index is 11.9. The molecule has 0 spiro atoms.